The third-order valence-electron chi connectivity index (χ3n) is 3.48. The molecule has 21 heavy (non-hydrogen) atoms. The molecule has 3 heteroatoms. The lowest BCUT2D eigenvalue weighted by Gasteiger charge is -2.21. The van der Waals surface area contributed by atoms with E-state index in [1.54, 1.807) is 6.07 Å². The van der Waals surface area contributed by atoms with Crippen LogP contribution in [0.3, 0.4) is 0 Å². The van der Waals surface area contributed by atoms with Crippen LogP contribution < -0.4 is 4.90 Å². The van der Waals surface area contributed by atoms with E-state index in [1.165, 1.54) is 18.2 Å². The van der Waals surface area contributed by atoms with Crippen molar-refractivity contribution in [1.82, 2.24) is 0 Å². The molecule has 110 valence electrons. The maximum absolute atomic E-state index is 11.8. The van der Waals surface area contributed by atoms with E-state index in [9.17, 15) is 4.79 Å². The molecule has 0 saturated carbocycles. The Labute approximate surface area is 126 Å². The van der Waals surface area contributed by atoms with Gasteiger partial charge in [-0.3, -0.25) is 0 Å². The SMILES string of the molecule is COC(=O)c1ccccc1CN(C)c1cc(C)cc(C)c1. The quantitative estimate of drug-likeness (QED) is 0.801. The number of methoxy groups -OCH3 is 1. The third kappa shape index (κ3) is 3.63. The molecule has 0 heterocycles. The van der Waals surface area contributed by atoms with Gasteiger partial charge in [0.25, 0.3) is 0 Å². The van der Waals surface area contributed by atoms with Crippen LogP contribution in [0.5, 0.6) is 0 Å². The highest BCUT2D eigenvalue weighted by atomic mass is 16.5. The lowest BCUT2D eigenvalue weighted by atomic mass is 10.1. The van der Waals surface area contributed by atoms with Gasteiger partial charge in [0, 0.05) is 19.3 Å². The molecule has 0 aromatic heterocycles. The van der Waals surface area contributed by atoms with Crippen molar-refractivity contribution in [3.05, 3.63) is 64.7 Å². The second kappa shape index (κ2) is 6.44. The Hall–Kier alpha value is -2.29. The first kappa shape index (κ1) is 15.1. The minimum Gasteiger partial charge on any atom is -0.465 e. The van der Waals surface area contributed by atoms with Gasteiger partial charge in [-0.15, -0.1) is 0 Å². The smallest absolute Gasteiger partial charge is 0.338 e. The van der Waals surface area contributed by atoms with Crippen molar-refractivity contribution >= 4 is 11.7 Å². The van der Waals surface area contributed by atoms with Gasteiger partial charge < -0.3 is 9.64 Å². The van der Waals surface area contributed by atoms with E-state index in [1.807, 2.05) is 25.2 Å². The van der Waals surface area contributed by atoms with Crippen LogP contribution in [-0.4, -0.2) is 20.1 Å². The summed E-state index contributed by atoms with van der Waals surface area (Å²) in [4.78, 5) is 14.0. The Kier molecular flexibility index (Phi) is 4.63. The van der Waals surface area contributed by atoms with Crippen LogP contribution in [0.4, 0.5) is 5.69 Å². The van der Waals surface area contributed by atoms with E-state index >= 15 is 0 Å². The Bertz CT molecular complexity index is 629. The molecule has 0 saturated heterocycles. The first-order valence-electron chi connectivity index (χ1n) is 6.97. The zero-order valence-corrected chi connectivity index (χ0v) is 13.0. The molecule has 0 aliphatic carbocycles. The highest BCUT2D eigenvalue weighted by Gasteiger charge is 2.13. The molecular formula is C18H21NO2. The van der Waals surface area contributed by atoms with E-state index in [0.717, 1.165) is 11.3 Å². The van der Waals surface area contributed by atoms with E-state index in [2.05, 4.69) is 36.9 Å². The fourth-order valence-corrected chi connectivity index (χ4v) is 2.49. The number of aryl methyl sites for hydroxylation is 2. The molecule has 0 atom stereocenters. The Morgan fingerprint density at radius 2 is 1.71 bits per heavy atom. The number of nitrogens with zero attached hydrogens (tertiary/aromatic N) is 1. The van der Waals surface area contributed by atoms with Gasteiger partial charge in [0.05, 0.1) is 12.7 Å². The van der Waals surface area contributed by atoms with Gasteiger partial charge >= 0.3 is 5.97 Å². The summed E-state index contributed by atoms with van der Waals surface area (Å²) in [7, 11) is 3.44. The average molecular weight is 283 g/mol. The maximum Gasteiger partial charge on any atom is 0.338 e. The number of carbonyl (C=O) groups is 1. The lowest BCUT2D eigenvalue weighted by Crippen LogP contribution is -2.19. The van der Waals surface area contributed by atoms with Gasteiger partial charge in [0.2, 0.25) is 0 Å². The highest BCUT2D eigenvalue weighted by Crippen LogP contribution is 2.21. The van der Waals surface area contributed by atoms with Gasteiger partial charge in [-0.2, -0.15) is 0 Å². The summed E-state index contributed by atoms with van der Waals surface area (Å²) in [6.07, 6.45) is 0. The zero-order valence-electron chi connectivity index (χ0n) is 13.0. The summed E-state index contributed by atoms with van der Waals surface area (Å²) in [5.41, 5.74) is 5.20. The first-order valence-corrected chi connectivity index (χ1v) is 6.97. The number of esters is 1. The molecule has 2 aromatic carbocycles. The van der Waals surface area contributed by atoms with E-state index < -0.39 is 0 Å². The van der Waals surface area contributed by atoms with E-state index in [4.69, 9.17) is 4.74 Å². The van der Waals surface area contributed by atoms with Gasteiger partial charge in [-0.05, 0) is 48.7 Å². The molecular weight excluding hydrogens is 262 g/mol. The van der Waals surface area contributed by atoms with E-state index in [0.29, 0.717) is 12.1 Å². The number of carbonyl (C=O) groups excluding carboxylic acids is 1. The number of hydrogen-bond acceptors (Lipinski definition) is 3. The monoisotopic (exact) mass is 283 g/mol. The highest BCUT2D eigenvalue weighted by molar-refractivity contribution is 5.91. The first-order chi connectivity index (χ1) is 10.0. The van der Waals surface area contributed by atoms with Crippen molar-refractivity contribution in [3.8, 4) is 0 Å². The molecule has 0 radical (unpaired) electrons. The third-order valence-corrected chi connectivity index (χ3v) is 3.48. The molecule has 0 spiro atoms. The van der Waals surface area contributed by atoms with Crippen LogP contribution in [0.15, 0.2) is 42.5 Å². The van der Waals surface area contributed by atoms with Crippen molar-refractivity contribution in [2.24, 2.45) is 0 Å². The van der Waals surface area contributed by atoms with Crippen molar-refractivity contribution in [2.45, 2.75) is 20.4 Å². The normalized spacial score (nSPS) is 10.3. The summed E-state index contributed by atoms with van der Waals surface area (Å²) in [5.74, 6) is -0.292. The fourth-order valence-electron chi connectivity index (χ4n) is 2.49. The van der Waals surface area contributed by atoms with E-state index in [-0.39, 0.29) is 5.97 Å². The second-order valence-corrected chi connectivity index (χ2v) is 5.35. The number of anilines is 1. The van der Waals surface area contributed by atoms with Crippen LogP contribution in [0.25, 0.3) is 0 Å². The second-order valence-electron chi connectivity index (χ2n) is 5.35. The Morgan fingerprint density at radius 3 is 2.33 bits per heavy atom. The van der Waals surface area contributed by atoms with Crippen molar-refractivity contribution in [1.29, 1.82) is 0 Å². The average Bonchev–Trinajstić information content (AvgIpc) is 2.46. The number of benzene rings is 2. The topological polar surface area (TPSA) is 29.5 Å². The van der Waals surface area contributed by atoms with Gasteiger partial charge in [0.15, 0.2) is 0 Å². The largest absolute Gasteiger partial charge is 0.465 e. The van der Waals surface area contributed by atoms with Crippen molar-refractivity contribution < 1.29 is 9.53 Å². The van der Waals surface area contributed by atoms with Gasteiger partial charge in [-0.25, -0.2) is 4.79 Å². The molecule has 0 aliphatic rings. The summed E-state index contributed by atoms with van der Waals surface area (Å²) < 4.78 is 4.84. The molecule has 0 fully saturated rings. The zero-order chi connectivity index (χ0) is 15.4. The van der Waals surface area contributed by atoms with Crippen LogP contribution >= 0.6 is 0 Å². The molecule has 0 aliphatic heterocycles. The van der Waals surface area contributed by atoms with Crippen LogP contribution in [-0.2, 0) is 11.3 Å². The molecule has 0 unspecified atom stereocenters. The minimum atomic E-state index is -0.292. The van der Waals surface area contributed by atoms with Crippen LogP contribution in [0.1, 0.15) is 27.0 Å². The van der Waals surface area contributed by atoms with Crippen molar-refractivity contribution in [2.75, 3.05) is 19.1 Å². The minimum absolute atomic E-state index is 0.292. The lowest BCUT2D eigenvalue weighted by molar-refractivity contribution is 0.0599. The number of ether oxygens (including phenoxy) is 1. The molecule has 0 amide bonds. The van der Waals surface area contributed by atoms with Crippen molar-refractivity contribution in [3.63, 3.8) is 0 Å². The maximum atomic E-state index is 11.8. The number of rotatable bonds is 4. The summed E-state index contributed by atoms with van der Waals surface area (Å²) in [6.45, 7) is 4.84. The molecule has 2 rings (SSSR count). The summed E-state index contributed by atoms with van der Waals surface area (Å²) in [6, 6.07) is 14.0. The van der Waals surface area contributed by atoms with Gasteiger partial charge in [0.1, 0.15) is 0 Å². The molecule has 0 N–H and O–H groups in total. The standard InChI is InChI=1S/C18H21NO2/c1-13-9-14(2)11-16(10-13)19(3)12-15-7-5-6-8-17(15)18(20)21-4/h5-11H,12H2,1-4H3. The molecule has 0 bridgehead atoms. The Morgan fingerprint density at radius 1 is 1.10 bits per heavy atom. The predicted octanol–water partition coefficient (Wildman–Crippen LogP) is 3.73. The van der Waals surface area contributed by atoms with Gasteiger partial charge in [-0.1, -0.05) is 24.3 Å². The molecule has 3 nitrogen and oxygen atoms in total. The number of hydrogen-bond donors (Lipinski definition) is 0. The Balaban J connectivity index is 2.27. The fraction of sp³-hybridized carbons (Fsp3) is 0.278. The van der Waals surface area contributed by atoms with Crippen LogP contribution in [0.2, 0.25) is 0 Å². The predicted molar refractivity (Wildman–Crippen MR) is 85.8 cm³/mol. The van der Waals surface area contributed by atoms with Crippen LogP contribution in [0, 0.1) is 13.8 Å². The summed E-state index contributed by atoms with van der Waals surface area (Å²) >= 11 is 0. The summed E-state index contributed by atoms with van der Waals surface area (Å²) in [5, 5.41) is 0. The molecule has 2 aromatic rings.